The largest absolute Gasteiger partial charge is 0.352 e. The van der Waals surface area contributed by atoms with E-state index in [2.05, 4.69) is 16.0 Å². The van der Waals surface area contributed by atoms with Gasteiger partial charge in [-0.2, -0.15) is 0 Å². The number of carbonyl (C=O) groups is 4. The highest BCUT2D eigenvalue weighted by molar-refractivity contribution is 5.98. The molecule has 154 valence electrons. The van der Waals surface area contributed by atoms with Crippen LogP contribution >= 0.6 is 0 Å². The maximum absolute atomic E-state index is 12.0. The summed E-state index contributed by atoms with van der Waals surface area (Å²) in [7, 11) is 0. The van der Waals surface area contributed by atoms with E-state index in [0.29, 0.717) is 13.0 Å². The summed E-state index contributed by atoms with van der Waals surface area (Å²) in [4.78, 5) is 47.0. The van der Waals surface area contributed by atoms with Crippen LogP contribution in [0.3, 0.4) is 0 Å². The molecule has 0 aromatic heterocycles. The van der Waals surface area contributed by atoms with Crippen molar-refractivity contribution in [1.82, 2.24) is 16.0 Å². The van der Waals surface area contributed by atoms with Crippen molar-refractivity contribution in [3.8, 4) is 0 Å². The number of hydrogen-bond acceptors (Lipinski definition) is 6. The van der Waals surface area contributed by atoms with Gasteiger partial charge >= 0.3 is 0 Å². The average Bonchev–Trinajstić information content (AvgIpc) is 2.63. The van der Waals surface area contributed by atoms with E-state index in [9.17, 15) is 19.2 Å². The summed E-state index contributed by atoms with van der Waals surface area (Å²) in [6.45, 7) is 10.6. The Bertz CT molecular complexity index is 529. The lowest BCUT2D eigenvalue weighted by atomic mass is 10.1. The lowest BCUT2D eigenvalue weighted by molar-refractivity contribution is -0.122. The number of nitrogens with one attached hydrogen (secondary N) is 3. The molecule has 0 heterocycles. The van der Waals surface area contributed by atoms with Crippen LogP contribution in [0.2, 0.25) is 0 Å². The maximum atomic E-state index is 12.0. The Labute approximate surface area is 162 Å². The minimum atomic E-state index is -0.392. The Hall–Kier alpha value is -1.86. The van der Waals surface area contributed by atoms with Gasteiger partial charge < -0.3 is 16.0 Å². The van der Waals surface area contributed by atoms with E-state index in [-0.39, 0.29) is 48.3 Å². The number of amides is 1. The Morgan fingerprint density at radius 3 is 1.81 bits per heavy atom. The summed E-state index contributed by atoms with van der Waals surface area (Å²) in [5.41, 5.74) is 0. The van der Waals surface area contributed by atoms with E-state index in [0.717, 1.165) is 13.0 Å². The molecule has 0 rings (SSSR count). The van der Waals surface area contributed by atoms with E-state index in [4.69, 9.17) is 0 Å². The summed E-state index contributed by atoms with van der Waals surface area (Å²) < 4.78 is 0. The van der Waals surface area contributed by atoms with E-state index in [1.54, 1.807) is 20.8 Å². The molecule has 27 heavy (non-hydrogen) atoms. The molecule has 0 saturated carbocycles. The fourth-order valence-electron chi connectivity index (χ4n) is 2.15. The lowest BCUT2D eigenvalue weighted by Gasteiger charge is -2.15. The molecule has 0 aromatic carbocycles. The molecule has 7 heteroatoms. The second-order valence-electron chi connectivity index (χ2n) is 6.97. The lowest BCUT2D eigenvalue weighted by Crippen LogP contribution is -2.39. The van der Waals surface area contributed by atoms with Crippen molar-refractivity contribution >= 4 is 23.3 Å². The third-order valence-corrected chi connectivity index (χ3v) is 4.13. The summed E-state index contributed by atoms with van der Waals surface area (Å²) in [5, 5.41) is 8.77. The smallest absolute Gasteiger partial charge is 0.244 e. The van der Waals surface area contributed by atoms with Crippen LogP contribution < -0.4 is 16.0 Å². The monoisotopic (exact) mass is 381 g/mol. The van der Waals surface area contributed by atoms with Crippen LogP contribution in [0.15, 0.2) is 12.2 Å². The second-order valence-corrected chi connectivity index (χ2v) is 6.97. The van der Waals surface area contributed by atoms with Gasteiger partial charge in [0.1, 0.15) is 0 Å². The van der Waals surface area contributed by atoms with Crippen molar-refractivity contribution in [2.75, 3.05) is 19.6 Å². The number of hydrogen-bond donors (Lipinski definition) is 3. The molecule has 2 unspecified atom stereocenters. The predicted octanol–water partition coefficient (Wildman–Crippen LogP) is 1.17. The fourth-order valence-corrected chi connectivity index (χ4v) is 2.15. The van der Waals surface area contributed by atoms with Gasteiger partial charge in [-0.1, -0.05) is 20.8 Å². The SMILES string of the molecule is CCCNC(C)C(=O)CCNC(C)C(=O)CCNC(=O)/C=C/C(=O)C(C)C. The molecular weight excluding hydrogens is 346 g/mol. The van der Waals surface area contributed by atoms with Gasteiger partial charge in [0, 0.05) is 37.9 Å². The Kier molecular flexibility index (Phi) is 13.2. The number of ketones is 3. The molecule has 0 aliphatic heterocycles. The normalized spacial score (nSPS) is 13.6. The summed E-state index contributed by atoms with van der Waals surface area (Å²) >= 11 is 0. The van der Waals surface area contributed by atoms with Crippen LogP contribution in [0.25, 0.3) is 0 Å². The van der Waals surface area contributed by atoms with Gasteiger partial charge in [0.2, 0.25) is 5.91 Å². The molecule has 3 N–H and O–H groups in total. The molecule has 0 bridgehead atoms. The molecule has 1 amide bonds. The van der Waals surface area contributed by atoms with Crippen LogP contribution in [0.1, 0.15) is 53.9 Å². The first-order chi connectivity index (χ1) is 12.7. The van der Waals surface area contributed by atoms with Gasteiger partial charge in [-0.05, 0) is 32.9 Å². The molecule has 0 saturated heterocycles. The highest BCUT2D eigenvalue weighted by Crippen LogP contribution is 1.96. The molecule has 0 aliphatic rings. The number of allylic oxidation sites excluding steroid dienone is 1. The molecule has 2 atom stereocenters. The summed E-state index contributed by atoms with van der Waals surface area (Å²) in [6, 6.07) is -0.560. The Balaban J connectivity index is 4.00. The van der Waals surface area contributed by atoms with Gasteiger partial charge in [-0.15, -0.1) is 0 Å². The third-order valence-electron chi connectivity index (χ3n) is 4.13. The van der Waals surface area contributed by atoms with E-state index < -0.39 is 5.91 Å². The zero-order valence-electron chi connectivity index (χ0n) is 17.3. The van der Waals surface area contributed by atoms with Crippen LogP contribution in [-0.2, 0) is 19.2 Å². The van der Waals surface area contributed by atoms with Crippen molar-refractivity contribution in [3.05, 3.63) is 12.2 Å². The van der Waals surface area contributed by atoms with Crippen molar-refractivity contribution in [3.63, 3.8) is 0 Å². The molecule has 0 fully saturated rings. The van der Waals surface area contributed by atoms with Crippen LogP contribution in [0.4, 0.5) is 0 Å². The van der Waals surface area contributed by atoms with Crippen molar-refractivity contribution in [1.29, 1.82) is 0 Å². The Morgan fingerprint density at radius 2 is 1.30 bits per heavy atom. The van der Waals surface area contributed by atoms with Crippen LogP contribution in [-0.4, -0.2) is 55.0 Å². The number of rotatable bonds is 15. The van der Waals surface area contributed by atoms with Crippen LogP contribution in [0.5, 0.6) is 0 Å². The highest BCUT2D eigenvalue weighted by Gasteiger charge is 2.15. The predicted molar refractivity (Wildman–Crippen MR) is 106 cm³/mol. The second kappa shape index (κ2) is 14.2. The first-order valence-electron chi connectivity index (χ1n) is 9.70. The first-order valence-corrected chi connectivity index (χ1v) is 9.70. The van der Waals surface area contributed by atoms with Gasteiger partial charge in [-0.3, -0.25) is 19.2 Å². The molecule has 0 aromatic rings. The molecule has 0 spiro atoms. The quantitative estimate of drug-likeness (QED) is 0.368. The number of Topliss-reactive ketones (excluding diaryl/α,β-unsaturated/α-hetero) is 2. The minimum absolute atomic E-state index is 0.0397. The van der Waals surface area contributed by atoms with Gasteiger partial charge in [0.25, 0.3) is 0 Å². The topological polar surface area (TPSA) is 104 Å². The third kappa shape index (κ3) is 12.2. The first kappa shape index (κ1) is 25.1. The van der Waals surface area contributed by atoms with Crippen molar-refractivity contribution in [2.45, 2.75) is 66.0 Å². The zero-order valence-corrected chi connectivity index (χ0v) is 17.3. The molecule has 0 aliphatic carbocycles. The minimum Gasteiger partial charge on any atom is -0.352 e. The van der Waals surface area contributed by atoms with Crippen molar-refractivity contribution in [2.24, 2.45) is 5.92 Å². The highest BCUT2D eigenvalue weighted by atomic mass is 16.2. The summed E-state index contributed by atoms with van der Waals surface area (Å²) in [6.07, 6.45) is 3.96. The fraction of sp³-hybridized carbons (Fsp3) is 0.700. The van der Waals surface area contributed by atoms with E-state index in [1.807, 2.05) is 13.8 Å². The van der Waals surface area contributed by atoms with Gasteiger partial charge in [0.05, 0.1) is 12.1 Å². The molecular formula is C20H35N3O4. The molecule has 0 radical (unpaired) electrons. The van der Waals surface area contributed by atoms with E-state index in [1.165, 1.54) is 12.2 Å². The van der Waals surface area contributed by atoms with Gasteiger partial charge in [-0.25, -0.2) is 0 Å². The van der Waals surface area contributed by atoms with Crippen molar-refractivity contribution < 1.29 is 19.2 Å². The van der Waals surface area contributed by atoms with E-state index >= 15 is 0 Å². The molecule has 7 nitrogen and oxygen atoms in total. The number of carbonyl (C=O) groups excluding carboxylic acids is 4. The maximum Gasteiger partial charge on any atom is 0.244 e. The average molecular weight is 382 g/mol. The zero-order chi connectivity index (χ0) is 20.8. The van der Waals surface area contributed by atoms with Crippen LogP contribution in [0, 0.1) is 5.92 Å². The Morgan fingerprint density at radius 1 is 0.778 bits per heavy atom. The van der Waals surface area contributed by atoms with Gasteiger partial charge in [0.15, 0.2) is 17.3 Å². The standard InChI is InChI=1S/C20H35N3O4/c1-6-11-21-15(4)18(25)9-12-22-16(5)19(26)10-13-23-20(27)8-7-17(24)14(2)3/h7-8,14-16,21-22H,6,9-13H2,1-5H3,(H,23,27)/b8-7+. The summed E-state index contributed by atoms with van der Waals surface area (Å²) in [5.74, 6) is -0.586.